The van der Waals surface area contributed by atoms with Gasteiger partial charge in [0.2, 0.25) is 0 Å². The lowest BCUT2D eigenvalue weighted by molar-refractivity contribution is -0.384. The van der Waals surface area contributed by atoms with Crippen LogP contribution in [0.25, 0.3) is 0 Å². The highest BCUT2D eigenvalue weighted by atomic mass is 16.6. The highest BCUT2D eigenvalue weighted by Crippen LogP contribution is 2.20. The number of aromatic nitrogens is 1. The molecule has 0 aliphatic carbocycles. The molecule has 1 aliphatic heterocycles. The van der Waals surface area contributed by atoms with Crippen LogP contribution in [0.3, 0.4) is 0 Å². The largest absolute Gasteiger partial charge is 0.351 e. The van der Waals surface area contributed by atoms with Crippen molar-refractivity contribution in [3.8, 4) is 0 Å². The summed E-state index contributed by atoms with van der Waals surface area (Å²) in [4.78, 5) is 26.8. The zero-order valence-corrected chi connectivity index (χ0v) is 11.6. The lowest BCUT2D eigenvalue weighted by atomic mass is 9.96. The van der Waals surface area contributed by atoms with Gasteiger partial charge in [-0.15, -0.1) is 0 Å². The number of carbonyl (C=O) groups excluding carboxylic acids is 1. The zero-order chi connectivity index (χ0) is 14.5. The van der Waals surface area contributed by atoms with Crippen LogP contribution in [0.4, 0.5) is 5.69 Å². The van der Waals surface area contributed by atoms with Crippen LogP contribution in [0.15, 0.2) is 12.3 Å². The summed E-state index contributed by atoms with van der Waals surface area (Å²) in [7, 11) is 0. The lowest BCUT2D eigenvalue weighted by Crippen LogP contribution is -2.40. The topological polar surface area (TPSA) is 91.3 Å². The number of nitrogens with one attached hydrogen (secondary N) is 2. The molecule has 1 aliphatic rings. The summed E-state index contributed by atoms with van der Waals surface area (Å²) in [5.41, 5.74) is 0.220. The minimum Gasteiger partial charge on any atom is -0.351 e. The third-order valence-corrected chi connectivity index (χ3v) is 3.69. The molecule has 2 rings (SSSR count). The average Bonchev–Trinajstić information content (AvgIpc) is 2.95. The van der Waals surface area contributed by atoms with E-state index in [2.05, 4.69) is 17.2 Å². The Morgan fingerprint density at radius 3 is 2.80 bits per heavy atom. The van der Waals surface area contributed by atoms with Gasteiger partial charge in [0.25, 0.3) is 11.6 Å². The molecule has 1 aromatic heterocycles. The fourth-order valence-corrected chi connectivity index (χ4v) is 2.47. The molecular weight excluding hydrogens is 260 g/mol. The summed E-state index contributed by atoms with van der Waals surface area (Å²) in [6.07, 6.45) is 3.20. The number of carbonyl (C=O) groups is 1. The highest BCUT2D eigenvalue weighted by molar-refractivity contribution is 5.93. The molecule has 0 aromatic carbocycles. The van der Waals surface area contributed by atoms with E-state index < -0.39 is 4.92 Å². The number of amides is 1. The van der Waals surface area contributed by atoms with E-state index in [1.807, 2.05) is 0 Å². The summed E-state index contributed by atoms with van der Waals surface area (Å²) in [6.45, 7) is 5.46. The number of hydrogen-bond donors (Lipinski definition) is 2. The fraction of sp³-hybridized carbons (Fsp3) is 0.615. The number of hydrogen-bond acceptors (Lipinski definition) is 4. The van der Waals surface area contributed by atoms with Gasteiger partial charge in [-0.05, 0) is 31.8 Å². The Hall–Kier alpha value is -1.89. The minimum absolute atomic E-state index is 0.0737. The van der Waals surface area contributed by atoms with Crippen molar-refractivity contribution in [2.24, 2.45) is 5.92 Å². The van der Waals surface area contributed by atoms with Crippen LogP contribution in [0.1, 0.15) is 30.3 Å². The maximum atomic E-state index is 12.2. The molecule has 0 radical (unpaired) electrons. The quantitative estimate of drug-likeness (QED) is 0.629. The number of aromatic amines is 1. The molecular formula is C13H20N4O3. The second-order valence-corrected chi connectivity index (χ2v) is 5.07. The number of piperidine rings is 1. The normalized spacial score (nSPS) is 16.4. The van der Waals surface area contributed by atoms with Crippen molar-refractivity contribution < 1.29 is 9.72 Å². The van der Waals surface area contributed by atoms with Crippen molar-refractivity contribution in [3.05, 3.63) is 28.1 Å². The second kappa shape index (κ2) is 6.51. The predicted molar refractivity (Wildman–Crippen MR) is 74.6 cm³/mol. The molecule has 0 unspecified atom stereocenters. The van der Waals surface area contributed by atoms with Crippen LogP contribution >= 0.6 is 0 Å². The van der Waals surface area contributed by atoms with Gasteiger partial charge < -0.3 is 15.2 Å². The van der Waals surface area contributed by atoms with Crippen molar-refractivity contribution in [3.63, 3.8) is 0 Å². The van der Waals surface area contributed by atoms with Crippen LogP contribution < -0.4 is 5.32 Å². The Labute approximate surface area is 117 Å². The SMILES string of the molecule is CCNCC1CCN(C(=O)c2cc([N+](=O)[O-])c[nH]2)CC1. The van der Waals surface area contributed by atoms with Gasteiger partial charge in [-0.3, -0.25) is 14.9 Å². The number of likely N-dealkylation sites (tertiary alicyclic amines) is 1. The van der Waals surface area contributed by atoms with Crippen molar-refractivity contribution in [1.82, 2.24) is 15.2 Å². The van der Waals surface area contributed by atoms with Crippen LogP contribution in [-0.2, 0) is 0 Å². The standard InChI is InChI=1S/C13H20N4O3/c1-2-14-8-10-3-5-16(6-4-10)13(18)12-7-11(9-15-12)17(19)20/h7,9-10,14-15H,2-6,8H2,1H3. The molecule has 7 nitrogen and oxygen atoms in total. The van der Waals surface area contributed by atoms with E-state index in [0.717, 1.165) is 25.9 Å². The fourth-order valence-electron chi connectivity index (χ4n) is 2.47. The first-order valence-corrected chi connectivity index (χ1v) is 6.94. The highest BCUT2D eigenvalue weighted by Gasteiger charge is 2.25. The number of nitro groups is 1. The molecule has 0 atom stereocenters. The Balaban J connectivity index is 1.89. The Morgan fingerprint density at radius 1 is 1.55 bits per heavy atom. The maximum Gasteiger partial charge on any atom is 0.287 e. The lowest BCUT2D eigenvalue weighted by Gasteiger charge is -2.31. The smallest absolute Gasteiger partial charge is 0.287 e. The van der Waals surface area contributed by atoms with Crippen molar-refractivity contribution in [1.29, 1.82) is 0 Å². The van der Waals surface area contributed by atoms with Crippen LogP contribution in [0.5, 0.6) is 0 Å². The van der Waals surface area contributed by atoms with Gasteiger partial charge in [0.1, 0.15) is 5.69 Å². The van der Waals surface area contributed by atoms with Crippen molar-refractivity contribution in [2.75, 3.05) is 26.2 Å². The van der Waals surface area contributed by atoms with Gasteiger partial charge in [0.05, 0.1) is 11.1 Å². The summed E-state index contributed by atoms with van der Waals surface area (Å²) >= 11 is 0. The molecule has 2 N–H and O–H groups in total. The van der Waals surface area contributed by atoms with E-state index in [4.69, 9.17) is 0 Å². The molecule has 0 bridgehead atoms. The van der Waals surface area contributed by atoms with Gasteiger partial charge in [-0.2, -0.15) is 0 Å². The molecule has 1 aromatic rings. The molecule has 110 valence electrons. The maximum absolute atomic E-state index is 12.2. The van der Waals surface area contributed by atoms with Crippen molar-refractivity contribution >= 4 is 11.6 Å². The first-order valence-electron chi connectivity index (χ1n) is 6.94. The van der Waals surface area contributed by atoms with E-state index in [-0.39, 0.29) is 11.6 Å². The van der Waals surface area contributed by atoms with E-state index >= 15 is 0 Å². The molecule has 1 saturated heterocycles. The molecule has 20 heavy (non-hydrogen) atoms. The van der Waals surface area contributed by atoms with Crippen molar-refractivity contribution in [2.45, 2.75) is 19.8 Å². The van der Waals surface area contributed by atoms with Gasteiger partial charge in [0.15, 0.2) is 0 Å². The first kappa shape index (κ1) is 14.5. The Kier molecular flexibility index (Phi) is 4.73. The van der Waals surface area contributed by atoms with Crippen LogP contribution in [0, 0.1) is 16.0 Å². The minimum atomic E-state index is -0.504. The monoisotopic (exact) mass is 280 g/mol. The summed E-state index contributed by atoms with van der Waals surface area (Å²) in [5.74, 6) is 0.456. The molecule has 7 heteroatoms. The van der Waals surface area contributed by atoms with E-state index in [0.29, 0.717) is 24.7 Å². The molecule has 0 saturated carbocycles. The first-order chi connectivity index (χ1) is 9.61. The van der Waals surface area contributed by atoms with Crippen LogP contribution in [-0.4, -0.2) is 46.9 Å². The molecule has 2 heterocycles. The number of nitrogens with zero attached hydrogens (tertiary/aromatic N) is 2. The summed E-state index contributed by atoms with van der Waals surface area (Å²) in [5, 5.41) is 13.9. The van der Waals surface area contributed by atoms with Gasteiger partial charge in [-0.25, -0.2) is 0 Å². The average molecular weight is 280 g/mol. The number of H-pyrrole nitrogens is 1. The molecule has 0 spiro atoms. The van der Waals surface area contributed by atoms with E-state index in [9.17, 15) is 14.9 Å². The summed E-state index contributed by atoms with van der Waals surface area (Å²) in [6, 6.07) is 1.30. The molecule has 1 amide bonds. The van der Waals surface area contributed by atoms with Gasteiger partial charge in [-0.1, -0.05) is 6.92 Å². The van der Waals surface area contributed by atoms with Crippen LogP contribution in [0.2, 0.25) is 0 Å². The predicted octanol–water partition coefficient (Wildman–Crippen LogP) is 1.38. The third-order valence-electron chi connectivity index (χ3n) is 3.69. The van der Waals surface area contributed by atoms with Gasteiger partial charge >= 0.3 is 0 Å². The number of rotatable bonds is 5. The van der Waals surface area contributed by atoms with Gasteiger partial charge in [0, 0.05) is 19.2 Å². The Bertz CT molecular complexity index is 478. The van der Waals surface area contributed by atoms with E-state index in [1.54, 1.807) is 4.90 Å². The second-order valence-electron chi connectivity index (χ2n) is 5.07. The molecule has 1 fully saturated rings. The summed E-state index contributed by atoms with van der Waals surface area (Å²) < 4.78 is 0. The van der Waals surface area contributed by atoms with E-state index in [1.165, 1.54) is 12.3 Å². The third kappa shape index (κ3) is 3.36. The Morgan fingerprint density at radius 2 is 2.25 bits per heavy atom. The zero-order valence-electron chi connectivity index (χ0n) is 11.6.